The van der Waals surface area contributed by atoms with Crippen LogP contribution in [-0.2, 0) is 6.54 Å². The molecular formula is C21H25N3O2. The molecule has 0 aliphatic carbocycles. The number of para-hydroxylation sites is 3. The van der Waals surface area contributed by atoms with Crippen LogP contribution in [-0.4, -0.2) is 44.7 Å². The van der Waals surface area contributed by atoms with Gasteiger partial charge in [0.25, 0.3) is 0 Å². The van der Waals surface area contributed by atoms with Gasteiger partial charge in [0.15, 0.2) is 17.3 Å². The normalized spacial score (nSPS) is 18.3. The predicted molar refractivity (Wildman–Crippen MR) is 104 cm³/mol. The van der Waals surface area contributed by atoms with Gasteiger partial charge in [-0.3, -0.25) is 0 Å². The van der Waals surface area contributed by atoms with Crippen molar-refractivity contribution in [1.82, 2.24) is 10.2 Å². The summed E-state index contributed by atoms with van der Waals surface area (Å²) in [4.78, 5) is 4.79. The van der Waals surface area contributed by atoms with Crippen molar-refractivity contribution in [3.05, 3.63) is 66.1 Å². The molecule has 0 aromatic heterocycles. The van der Waals surface area contributed by atoms with E-state index in [1.807, 2.05) is 31.3 Å². The molecule has 2 aromatic rings. The number of anilines is 1. The van der Waals surface area contributed by atoms with E-state index in [0.29, 0.717) is 6.61 Å². The molecule has 2 heterocycles. The highest BCUT2D eigenvalue weighted by Crippen LogP contribution is 2.32. The first kappa shape index (κ1) is 16.8. The van der Waals surface area contributed by atoms with E-state index in [1.165, 1.54) is 11.3 Å². The molecule has 2 aliphatic heterocycles. The van der Waals surface area contributed by atoms with Crippen molar-refractivity contribution in [2.45, 2.75) is 6.54 Å². The van der Waals surface area contributed by atoms with Gasteiger partial charge in [0, 0.05) is 44.6 Å². The first-order valence-corrected chi connectivity index (χ1v) is 9.15. The fourth-order valence-corrected chi connectivity index (χ4v) is 3.49. The zero-order chi connectivity index (χ0) is 17.8. The van der Waals surface area contributed by atoms with Gasteiger partial charge in [-0.1, -0.05) is 30.3 Å². The number of hydrogen-bond donors (Lipinski definition) is 1. The highest BCUT2D eigenvalue weighted by atomic mass is 16.6. The van der Waals surface area contributed by atoms with E-state index in [4.69, 9.17) is 9.47 Å². The van der Waals surface area contributed by atoms with Crippen molar-refractivity contribution in [2.75, 3.05) is 44.7 Å². The first-order chi connectivity index (χ1) is 12.8. The molecule has 0 unspecified atom stereocenters. The Balaban J connectivity index is 1.39. The molecule has 5 nitrogen and oxygen atoms in total. The molecule has 136 valence electrons. The van der Waals surface area contributed by atoms with E-state index < -0.39 is 0 Å². The molecule has 0 amide bonds. The van der Waals surface area contributed by atoms with Crippen LogP contribution in [0.1, 0.15) is 5.56 Å². The summed E-state index contributed by atoms with van der Waals surface area (Å²) < 4.78 is 11.7. The molecular weight excluding hydrogens is 326 g/mol. The Kier molecular flexibility index (Phi) is 4.97. The topological polar surface area (TPSA) is 37.0 Å². The van der Waals surface area contributed by atoms with E-state index in [-0.39, 0.29) is 0 Å². The minimum Gasteiger partial charge on any atom is -0.482 e. The fraction of sp³-hybridized carbons (Fsp3) is 0.333. The Labute approximate surface area is 154 Å². The summed E-state index contributed by atoms with van der Waals surface area (Å²) >= 11 is 0. The first-order valence-electron chi connectivity index (χ1n) is 9.15. The number of ether oxygens (including phenoxy) is 2. The second-order valence-corrected chi connectivity index (χ2v) is 6.61. The smallest absolute Gasteiger partial charge is 0.169 e. The summed E-state index contributed by atoms with van der Waals surface area (Å²) in [6.07, 6.45) is 2.10. The molecule has 0 saturated carbocycles. The monoisotopic (exact) mass is 351 g/mol. The van der Waals surface area contributed by atoms with Crippen molar-refractivity contribution in [3.8, 4) is 11.5 Å². The average molecular weight is 351 g/mol. The highest BCUT2D eigenvalue weighted by Gasteiger charge is 2.20. The van der Waals surface area contributed by atoms with Gasteiger partial charge in [-0.25, -0.2) is 0 Å². The third-order valence-electron chi connectivity index (χ3n) is 4.80. The maximum absolute atomic E-state index is 5.97. The van der Waals surface area contributed by atoms with Crippen molar-refractivity contribution >= 4 is 5.69 Å². The Morgan fingerprint density at radius 1 is 0.962 bits per heavy atom. The molecule has 0 radical (unpaired) electrons. The minimum atomic E-state index is 0.488. The zero-order valence-corrected chi connectivity index (χ0v) is 15.1. The standard InChI is InChI=1S/C21H25N3O2/c1-22-14-17-6-2-3-7-19(17)24-12-10-23(11-13-24)15-18-16-25-20-8-4-5-9-21(20)26-18/h2-9,15,22H,10-14,16H2,1H3. The number of fused-ring (bicyclic) bond motifs is 1. The van der Waals surface area contributed by atoms with Crippen LogP contribution in [0.3, 0.4) is 0 Å². The summed E-state index contributed by atoms with van der Waals surface area (Å²) in [7, 11) is 1.99. The molecule has 2 aromatic carbocycles. The number of hydrogen-bond acceptors (Lipinski definition) is 5. The van der Waals surface area contributed by atoms with E-state index in [9.17, 15) is 0 Å². The van der Waals surface area contributed by atoms with Gasteiger partial charge in [0.1, 0.15) is 6.61 Å². The number of nitrogens with one attached hydrogen (secondary N) is 1. The lowest BCUT2D eigenvalue weighted by Crippen LogP contribution is -2.45. The van der Waals surface area contributed by atoms with Gasteiger partial charge in [0.2, 0.25) is 0 Å². The van der Waals surface area contributed by atoms with E-state index >= 15 is 0 Å². The van der Waals surface area contributed by atoms with Crippen LogP contribution in [0.2, 0.25) is 0 Å². The molecule has 5 heteroatoms. The Morgan fingerprint density at radius 2 is 1.69 bits per heavy atom. The Bertz CT molecular complexity index is 782. The second kappa shape index (κ2) is 7.70. The number of rotatable bonds is 4. The average Bonchev–Trinajstić information content (AvgIpc) is 2.69. The van der Waals surface area contributed by atoms with Crippen molar-refractivity contribution < 1.29 is 9.47 Å². The van der Waals surface area contributed by atoms with E-state index in [0.717, 1.165) is 50.0 Å². The lowest BCUT2D eigenvalue weighted by Gasteiger charge is -2.37. The summed E-state index contributed by atoms with van der Waals surface area (Å²) in [6.45, 7) is 5.34. The lowest BCUT2D eigenvalue weighted by atomic mass is 10.1. The summed E-state index contributed by atoms with van der Waals surface area (Å²) in [5.74, 6) is 2.48. The highest BCUT2D eigenvalue weighted by molar-refractivity contribution is 5.54. The van der Waals surface area contributed by atoms with Gasteiger partial charge < -0.3 is 24.6 Å². The molecule has 1 N–H and O–H groups in total. The largest absolute Gasteiger partial charge is 0.482 e. The number of nitrogens with zero attached hydrogens (tertiary/aromatic N) is 2. The maximum atomic E-state index is 5.97. The van der Waals surface area contributed by atoms with Crippen LogP contribution in [0.15, 0.2) is 60.5 Å². The number of benzene rings is 2. The van der Waals surface area contributed by atoms with Crippen molar-refractivity contribution in [2.24, 2.45) is 0 Å². The molecule has 0 atom stereocenters. The minimum absolute atomic E-state index is 0.488. The van der Waals surface area contributed by atoms with Crippen LogP contribution in [0.5, 0.6) is 11.5 Å². The van der Waals surface area contributed by atoms with E-state index in [2.05, 4.69) is 45.6 Å². The van der Waals surface area contributed by atoms with Gasteiger partial charge in [-0.05, 0) is 30.8 Å². The fourth-order valence-electron chi connectivity index (χ4n) is 3.49. The Morgan fingerprint density at radius 3 is 2.50 bits per heavy atom. The Hall–Kier alpha value is -2.66. The summed E-state index contributed by atoms with van der Waals surface area (Å²) in [6, 6.07) is 16.4. The van der Waals surface area contributed by atoms with Crippen LogP contribution >= 0.6 is 0 Å². The van der Waals surface area contributed by atoms with Gasteiger partial charge in [-0.2, -0.15) is 0 Å². The van der Waals surface area contributed by atoms with Gasteiger partial charge in [-0.15, -0.1) is 0 Å². The third-order valence-corrected chi connectivity index (χ3v) is 4.80. The SMILES string of the molecule is CNCc1ccccc1N1CCN(C=C2COc3ccccc3O2)CC1. The molecule has 4 rings (SSSR count). The number of piperazine rings is 1. The molecule has 1 fully saturated rings. The lowest BCUT2D eigenvalue weighted by molar-refractivity contribution is 0.220. The summed E-state index contributed by atoms with van der Waals surface area (Å²) in [5, 5.41) is 3.26. The molecule has 1 saturated heterocycles. The van der Waals surface area contributed by atoms with Gasteiger partial charge in [0.05, 0.1) is 0 Å². The molecule has 26 heavy (non-hydrogen) atoms. The third kappa shape index (κ3) is 3.63. The summed E-state index contributed by atoms with van der Waals surface area (Å²) in [5.41, 5.74) is 2.68. The second-order valence-electron chi connectivity index (χ2n) is 6.61. The van der Waals surface area contributed by atoms with E-state index in [1.54, 1.807) is 0 Å². The maximum Gasteiger partial charge on any atom is 0.169 e. The molecule has 2 aliphatic rings. The molecule has 0 bridgehead atoms. The molecule has 0 spiro atoms. The van der Waals surface area contributed by atoms with Crippen molar-refractivity contribution in [1.29, 1.82) is 0 Å². The van der Waals surface area contributed by atoms with Crippen LogP contribution in [0.4, 0.5) is 5.69 Å². The quantitative estimate of drug-likeness (QED) is 0.917. The van der Waals surface area contributed by atoms with Crippen LogP contribution < -0.4 is 19.7 Å². The van der Waals surface area contributed by atoms with Crippen LogP contribution in [0, 0.1) is 0 Å². The predicted octanol–water partition coefficient (Wildman–Crippen LogP) is 2.84. The van der Waals surface area contributed by atoms with Gasteiger partial charge >= 0.3 is 0 Å². The van der Waals surface area contributed by atoms with Crippen LogP contribution in [0.25, 0.3) is 0 Å². The van der Waals surface area contributed by atoms with Crippen molar-refractivity contribution in [3.63, 3.8) is 0 Å². The zero-order valence-electron chi connectivity index (χ0n) is 15.1.